The lowest BCUT2D eigenvalue weighted by molar-refractivity contribution is -0.0917. The number of hydrogen-bond donors (Lipinski definition) is 1. The first kappa shape index (κ1) is 14.2. The Kier molecular flexibility index (Phi) is 4.57. The molecule has 2 radical (unpaired) electrons. The van der Waals surface area contributed by atoms with Gasteiger partial charge in [0.25, 0.3) is 0 Å². The van der Waals surface area contributed by atoms with Crippen molar-refractivity contribution in [3.05, 3.63) is 0 Å². The van der Waals surface area contributed by atoms with Gasteiger partial charge in [0.2, 0.25) is 0 Å². The van der Waals surface area contributed by atoms with Gasteiger partial charge in [-0.2, -0.15) is 0 Å². The summed E-state index contributed by atoms with van der Waals surface area (Å²) in [5, 5.41) is 0. The fraction of sp³-hybridized carbons (Fsp3) is 1.00. The van der Waals surface area contributed by atoms with E-state index in [2.05, 4.69) is 4.52 Å². The second-order valence-electron chi connectivity index (χ2n) is 3.88. The number of hydrogen-bond acceptors (Lipinski definition) is 5. The predicted molar refractivity (Wildman–Crippen MR) is 57.2 cm³/mol. The number of phosphoric ester groups is 1. The molecule has 0 amide bonds. The van der Waals surface area contributed by atoms with Crippen molar-refractivity contribution in [2.45, 2.75) is 31.1 Å². The highest BCUT2D eigenvalue weighted by Crippen LogP contribution is 2.48. The Morgan fingerprint density at radius 1 is 1.62 bits per heavy atom. The Morgan fingerprint density at radius 2 is 2.25 bits per heavy atom. The van der Waals surface area contributed by atoms with Crippen molar-refractivity contribution in [3.8, 4) is 0 Å². The SMILES string of the molecule is [B][C@H]1CC(OP(=O)(O)OC)[C@@](C)(COC)O1. The first-order chi connectivity index (χ1) is 7.33. The topological polar surface area (TPSA) is 74.2 Å². The summed E-state index contributed by atoms with van der Waals surface area (Å²) in [4.78, 5) is 9.24. The van der Waals surface area contributed by atoms with Gasteiger partial charge in [0, 0.05) is 20.2 Å². The molecule has 6 nitrogen and oxygen atoms in total. The molecule has 16 heavy (non-hydrogen) atoms. The molecule has 0 aromatic carbocycles. The zero-order valence-electron chi connectivity index (χ0n) is 9.58. The molecule has 8 heteroatoms. The van der Waals surface area contributed by atoms with Crippen LogP contribution in [-0.2, 0) is 23.1 Å². The molecule has 0 spiro atoms. The van der Waals surface area contributed by atoms with Crippen LogP contribution in [0.5, 0.6) is 0 Å². The number of ether oxygens (including phenoxy) is 2. The summed E-state index contributed by atoms with van der Waals surface area (Å²) in [6.45, 7) is 1.93. The molecule has 0 saturated carbocycles. The van der Waals surface area contributed by atoms with E-state index >= 15 is 0 Å². The van der Waals surface area contributed by atoms with Gasteiger partial charge in [0.15, 0.2) is 0 Å². The zero-order chi connectivity index (χ0) is 12.4. The van der Waals surface area contributed by atoms with E-state index in [1.807, 2.05) is 0 Å². The quantitative estimate of drug-likeness (QED) is 0.563. The maximum Gasteiger partial charge on any atom is 0.472 e. The van der Waals surface area contributed by atoms with E-state index in [0.29, 0.717) is 6.42 Å². The molecule has 1 saturated heterocycles. The predicted octanol–water partition coefficient (Wildman–Crippen LogP) is 0.438. The molecule has 1 heterocycles. The largest absolute Gasteiger partial charge is 0.472 e. The Hall–Kier alpha value is 0.0949. The molecular weight excluding hydrogens is 234 g/mol. The number of methoxy groups -OCH3 is 1. The summed E-state index contributed by atoms with van der Waals surface area (Å²) < 4.78 is 31.1. The normalized spacial score (nSPS) is 38.5. The van der Waals surface area contributed by atoms with Gasteiger partial charge in [-0.25, -0.2) is 4.57 Å². The molecule has 1 N–H and O–H groups in total. The van der Waals surface area contributed by atoms with Gasteiger partial charge in [-0.05, 0) is 13.3 Å². The van der Waals surface area contributed by atoms with Crippen LogP contribution in [0.4, 0.5) is 0 Å². The number of rotatable bonds is 5. The average Bonchev–Trinajstić information content (AvgIpc) is 2.41. The van der Waals surface area contributed by atoms with Crippen molar-refractivity contribution in [1.82, 2.24) is 0 Å². The third-order valence-electron chi connectivity index (χ3n) is 2.47. The molecule has 1 aliphatic heterocycles. The van der Waals surface area contributed by atoms with E-state index in [4.69, 9.17) is 21.8 Å². The van der Waals surface area contributed by atoms with Crippen LogP contribution < -0.4 is 0 Å². The summed E-state index contributed by atoms with van der Waals surface area (Å²) in [7, 11) is 4.18. The van der Waals surface area contributed by atoms with E-state index in [0.717, 1.165) is 7.11 Å². The molecule has 0 aliphatic carbocycles. The van der Waals surface area contributed by atoms with Gasteiger partial charge in [0.1, 0.15) is 19.6 Å². The Balaban J connectivity index is 2.74. The average molecular weight is 250 g/mol. The van der Waals surface area contributed by atoms with E-state index in [1.165, 1.54) is 7.11 Å². The minimum atomic E-state index is -4.04. The van der Waals surface area contributed by atoms with E-state index in [9.17, 15) is 9.46 Å². The summed E-state index contributed by atoms with van der Waals surface area (Å²) in [6.07, 6.45) is -0.327. The summed E-state index contributed by atoms with van der Waals surface area (Å²) in [5.74, 6) is 0. The lowest BCUT2D eigenvalue weighted by Crippen LogP contribution is -2.41. The molecule has 0 aromatic heterocycles. The molecular formula is C8H16BO6P. The Labute approximate surface area is 96.2 Å². The molecule has 2 unspecified atom stereocenters. The first-order valence-electron chi connectivity index (χ1n) is 4.82. The van der Waals surface area contributed by atoms with E-state index < -0.39 is 25.5 Å². The van der Waals surface area contributed by atoms with Crippen molar-refractivity contribution in [1.29, 1.82) is 0 Å². The first-order valence-corrected chi connectivity index (χ1v) is 6.32. The number of phosphoric acid groups is 1. The standard InChI is InChI=1S/C8H16BO6P/c1-8(5-12-2)6(4-7(9)14-8)15-16(10,11)13-3/h6-7H,4-5H2,1-3H3,(H,10,11)/t6?,7-,8-/m1/s1. The van der Waals surface area contributed by atoms with Crippen LogP contribution in [0.3, 0.4) is 0 Å². The van der Waals surface area contributed by atoms with Crippen molar-refractivity contribution in [3.63, 3.8) is 0 Å². The molecule has 92 valence electrons. The third-order valence-corrected chi connectivity index (χ3v) is 3.45. The summed E-state index contributed by atoms with van der Waals surface area (Å²) in [6, 6.07) is -0.540. The van der Waals surface area contributed by atoms with Crippen LogP contribution in [0.2, 0.25) is 0 Å². The monoisotopic (exact) mass is 250 g/mol. The van der Waals surface area contributed by atoms with Crippen LogP contribution in [0, 0.1) is 0 Å². The summed E-state index contributed by atoms with van der Waals surface area (Å²) >= 11 is 0. The molecule has 1 aliphatic rings. The highest BCUT2D eigenvalue weighted by atomic mass is 31.2. The van der Waals surface area contributed by atoms with Crippen molar-refractivity contribution >= 4 is 15.7 Å². The third kappa shape index (κ3) is 3.29. The molecule has 0 bridgehead atoms. The smallest absolute Gasteiger partial charge is 0.382 e. The van der Waals surface area contributed by atoms with Gasteiger partial charge in [-0.1, -0.05) is 0 Å². The van der Waals surface area contributed by atoms with Crippen LogP contribution in [-0.4, -0.2) is 51.3 Å². The van der Waals surface area contributed by atoms with Gasteiger partial charge < -0.3 is 14.4 Å². The maximum absolute atomic E-state index is 11.3. The summed E-state index contributed by atoms with van der Waals surface area (Å²) in [5.41, 5.74) is -0.842. The Bertz CT molecular complexity index is 288. The Morgan fingerprint density at radius 3 is 2.75 bits per heavy atom. The van der Waals surface area contributed by atoms with Crippen LogP contribution in [0.25, 0.3) is 0 Å². The second kappa shape index (κ2) is 5.17. The lowest BCUT2D eigenvalue weighted by atomic mass is 9.93. The minimum absolute atomic E-state index is 0.217. The molecule has 0 aromatic rings. The molecule has 1 fully saturated rings. The van der Waals surface area contributed by atoms with Crippen molar-refractivity contribution in [2.24, 2.45) is 0 Å². The molecule has 1 rings (SSSR count). The fourth-order valence-corrected chi connectivity index (χ4v) is 2.42. The highest BCUT2D eigenvalue weighted by Gasteiger charge is 2.47. The van der Waals surface area contributed by atoms with Crippen molar-refractivity contribution in [2.75, 3.05) is 20.8 Å². The van der Waals surface area contributed by atoms with Crippen LogP contribution in [0.15, 0.2) is 0 Å². The van der Waals surface area contributed by atoms with E-state index in [1.54, 1.807) is 6.92 Å². The fourth-order valence-electron chi connectivity index (χ4n) is 1.70. The van der Waals surface area contributed by atoms with E-state index in [-0.39, 0.29) is 6.61 Å². The zero-order valence-corrected chi connectivity index (χ0v) is 10.5. The van der Waals surface area contributed by atoms with Gasteiger partial charge >= 0.3 is 7.82 Å². The maximum atomic E-state index is 11.3. The van der Waals surface area contributed by atoms with Crippen molar-refractivity contribution < 1.29 is 28.0 Å². The van der Waals surface area contributed by atoms with Crippen LogP contribution in [0.1, 0.15) is 13.3 Å². The lowest BCUT2D eigenvalue weighted by Gasteiger charge is -2.30. The second-order valence-corrected chi connectivity index (χ2v) is 5.40. The minimum Gasteiger partial charge on any atom is -0.382 e. The van der Waals surface area contributed by atoms with Gasteiger partial charge in [0.05, 0.1) is 6.61 Å². The van der Waals surface area contributed by atoms with Gasteiger partial charge in [-0.3, -0.25) is 9.05 Å². The molecule has 4 atom stereocenters. The van der Waals surface area contributed by atoms with Crippen LogP contribution >= 0.6 is 7.82 Å². The highest BCUT2D eigenvalue weighted by molar-refractivity contribution is 7.47. The van der Waals surface area contributed by atoms with Gasteiger partial charge in [-0.15, -0.1) is 0 Å².